The summed E-state index contributed by atoms with van der Waals surface area (Å²) < 4.78 is 1.50. The van der Waals surface area contributed by atoms with Crippen LogP contribution in [0.1, 0.15) is 24.3 Å². The first kappa shape index (κ1) is 13.3. The quantitative estimate of drug-likeness (QED) is 0.844. The van der Waals surface area contributed by atoms with Crippen molar-refractivity contribution in [1.82, 2.24) is 9.38 Å². The predicted octanol–water partition coefficient (Wildman–Crippen LogP) is 0.794. The van der Waals surface area contributed by atoms with Gasteiger partial charge in [0.2, 0.25) is 5.91 Å². The third-order valence-electron chi connectivity index (χ3n) is 2.67. The van der Waals surface area contributed by atoms with Crippen LogP contribution >= 0.6 is 11.3 Å². The average Bonchev–Trinajstić information content (AvgIpc) is 2.83. The molecular weight excluding hydrogens is 268 g/mol. The number of anilines is 1. The number of carboxylic acid groups (broad SMARTS) is 1. The maximum absolute atomic E-state index is 11.4. The van der Waals surface area contributed by atoms with Gasteiger partial charge in [-0.15, -0.1) is 11.3 Å². The van der Waals surface area contributed by atoms with Crippen molar-refractivity contribution in [2.75, 3.05) is 11.4 Å². The van der Waals surface area contributed by atoms with Gasteiger partial charge in [-0.1, -0.05) is 0 Å². The van der Waals surface area contributed by atoms with Crippen molar-refractivity contribution in [2.24, 2.45) is 5.73 Å². The Morgan fingerprint density at radius 3 is 2.79 bits per heavy atom. The summed E-state index contributed by atoms with van der Waals surface area (Å²) in [5, 5.41) is 11.1. The van der Waals surface area contributed by atoms with Gasteiger partial charge in [-0.25, -0.2) is 9.78 Å². The summed E-state index contributed by atoms with van der Waals surface area (Å²) in [4.78, 5) is 29.0. The Labute approximate surface area is 113 Å². The Morgan fingerprint density at radius 1 is 1.58 bits per heavy atom. The van der Waals surface area contributed by atoms with Crippen molar-refractivity contribution < 1.29 is 14.7 Å². The summed E-state index contributed by atoms with van der Waals surface area (Å²) in [6, 6.07) is -0.0878. The third-order valence-corrected chi connectivity index (χ3v) is 3.42. The van der Waals surface area contributed by atoms with E-state index in [4.69, 9.17) is 5.73 Å². The zero-order chi connectivity index (χ0) is 14.2. The van der Waals surface area contributed by atoms with Crippen molar-refractivity contribution in [3.63, 3.8) is 0 Å². The van der Waals surface area contributed by atoms with Crippen LogP contribution in [-0.4, -0.2) is 39.0 Å². The van der Waals surface area contributed by atoms with Crippen LogP contribution in [-0.2, 0) is 4.79 Å². The van der Waals surface area contributed by atoms with Gasteiger partial charge in [0.25, 0.3) is 0 Å². The normalized spacial score (nSPS) is 11.1. The van der Waals surface area contributed by atoms with Crippen LogP contribution in [0.4, 0.5) is 5.82 Å². The summed E-state index contributed by atoms with van der Waals surface area (Å²) >= 11 is 1.33. The zero-order valence-corrected chi connectivity index (χ0v) is 11.3. The Kier molecular flexibility index (Phi) is 3.43. The molecule has 3 N–H and O–H groups in total. The molecule has 0 aliphatic rings. The molecule has 0 aliphatic heterocycles. The second kappa shape index (κ2) is 4.88. The van der Waals surface area contributed by atoms with Crippen molar-refractivity contribution in [3.8, 4) is 0 Å². The summed E-state index contributed by atoms with van der Waals surface area (Å²) in [5.74, 6) is -1.34. The molecule has 7 nitrogen and oxygen atoms in total. The van der Waals surface area contributed by atoms with Crippen LogP contribution in [0.5, 0.6) is 0 Å². The highest BCUT2D eigenvalue weighted by Gasteiger charge is 2.26. The van der Waals surface area contributed by atoms with Gasteiger partial charge < -0.3 is 15.7 Å². The van der Waals surface area contributed by atoms with Crippen molar-refractivity contribution in [3.05, 3.63) is 17.3 Å². The average molecular weight is 282 g/mol. The van der Waals surface area contributed by atoms with Crippen molar-refractivity contribution in [2.45, 2.75) is 19.9 Å². The number of aromatic nitrogens is 2. The van der Waals surface area contributed by atoms with Crippen LogP contribution < -0.4 is 10.6 Å². The highest BCUT2D eigenvalue weighted by atomic mass is 32.1. The fraction of sp³-hybridized carbons (Fsp3) is 0.364. The Balaban J connectivity index is 2.58. The number of imidazole rings is 1. The number of fused-ring (bicyclic) bond motifs is 1. The monoisotopic (exact) mass is 282 g/mol. The van der Waals surface area contributed by atoms with Crippen LogP contribution in [0.2, 0.25) is 0 Å². The Morgan fingerprint density at radius 2 is 2.26 bits per heavy atom. The lowest BCUT2D eigenvalue weighted by Crippen LogP contribution is -2.39. The van der Waals surface area contributed by atoms with Crippen LogP contribution in [0.15, 0.2) is 11.6 Å². The number of amides is 1. The lowest BCUT2D eigenvalue weighted by molar-refractivity contribution is -0.116. The van der Waals surface area contributed by atoms with Crippen molar-refractivity contribution in [1.29, 1.82) is 0 Å². The number of hydrogen-bond donors (Lipinski definition) is 2. The Hall–Kier alpha value is -2.09. The van der Waals surface area contributed by atoms with Gasteiger partial charge in [0.15, 0.2) is 16.5 Å². The van der Waals surface area contributed by atoms with E-state index in [0.717, 1.165) is 0 Å². The fourth-order valence-corrected chi connectivity index (χ4v) is 2.55. The minimum atomic E-state index is -1.09. The van der Waals surface area contributed by atoms with Gasteiger partial charge in [-0.3, -0.25) is 9.20 Å². The molecule has 0 aliphatic carbocycles. The number of nitrogens with zero attached hydrogens (tertiary/aromatic N) is 3. The van der Waals surface area contributed by atoms with Crippen LogP contribution in [0, 0.1) is 0 Å². The number of hydrogen-bond acceptors (Lipinski definition) is 5. The molecule has 0 saturated heterocycles. The number of aromatic carboxylic acids is 1. The molecule has 0 spiro atoms. The first-order chi connectivity index (χ1) is 8.91. The standard InChI is InChI=1S/C11H14N4O3S/c1-6(2)15(5-7(12)16)9-8(10(17)18)14-3-4-19-11(14)13-9/h3-4,6H,5H2,1-2H3,(H2,12,16)(H,17,18). The number of rotatable bonds is 5. The SMILES string of the molecule is CC(C)N(CC(N)=O)c1nc2sccn2c1C(=O)O. The van der Waals surface area contributed by atoms with E-state index in [0.29, 0.717) is 4.96 Å². The van der Waals surface area contributed by atoms with E-state index in [-0.39, 0.29) is 24.1 Å². The Bertz CT molecular complexity index is 631. The highest BCUT2D eigenvalue weighted by molar-refractivity contribution is 7.15. The first-order valence-corrected chi connectivity index (χ1v) is 6.53. The van der Waals surface area contributed by atoms with E-state index in [2.05, 4.69) is 4.98 Å². The molecule has 2 aromatic rings. The van der Waals surface area contributed by atoms with Crippen LogP contribution in [0.25, 0.3) is 4.96 Å². The topological polar surface area (TPSA) is 101 Å². The smallest absolute Gasteiger partial charge is 0.356 e. The summed E-state index contributed by atoms with van der Waals surface area (Å²) in [5.41, 5.74) is 5.25. The molecular formula is C11H14N4O3S. The number of thiazole rings is 1. The van der Waals surface area contributed by atoms with Gasteiger partial charge in [-0.2, -0.15) is 0 Å². The molecule has 102 valence electrons. The number of carboxylic acids is 1. The number of primary amides is 1. The fourth-order valence-electron chi connectivity index (χ4n) is 1.84. The van der Waals surface area contributed by atoms with E-state index in [9.17, 15) is 14.7 Å². The number of carbonyl (C=O) groups excluding carboxylic acids is 1. The van der Waals surface area contributed by atoms with E-state index >= 15 is 0 Å². The molecule has 2 heterocycles. The van der Waals surface area contributed by atoms with E-state index in [1.54, 1.807) is 16.5 Å². The molecule has 8 heteroatoms. The van der Waals surface area contributed by atoms with E-state index in [1.165, 1.54) is 15.7 Å². The van der Waals surface area contributed by atoms with Gasteiger partial charge in [0.05, 0.1) is 6.54 Å². The molecule has 0 bridgehead atoms. The lowest BCUT2D eigenvalue weighted by Gasteiger charge is -2.25. The van der Waals surface area contributed by atoms with E-state index < -0.39 is 11.9 Å². The maximum Gasteiger partial charge on any atom is 0.356 e. The van der Waals surface area contributed by atoms with Gasteiger partial charge >= 0.3 is 5.97 Å². The minimum absolute atomic E-state index is 0.0474. The first-order valence-electron chi connectivity index (χ1n) is 5.65. The molecule has 1 amide bonds. The van der Waals surface area contributed by atoms with Gasteiger partial charge in [0.1, 0.15) is 0 Å². The molecule has 2 aromatic heterocycles. The predicted molar refractivity (Wildman–Crippen MR) is 71.7 cm³/mol. The molecule has 0 fully saturated rings. The second-order valence-corrected chi connectivity index (χ2v) is 5.21. The molecule has 0 radical (unpaired) electrons. The molecule has 0 saturated carbocycles. The summed E-state index contributed by atoms with van der Waals surface area (Å²) in [6.45, 7) is 3.63. The van der Waals surface area contributed by atoms with Gasteiger partial charge in [-0.05, 0) is 13.8 Å². The second-order valence-electron chi connectivity index (χ2n) is 4.33. The van der Waals surface area contributed by atoms with Gasteiger partial charge in [0, 0.05) is 17.6 Å². The zero-order valence-electron chi connectivity index (χ0n) is 10.5. The van der Waals surface area contributed by atoms with Crippen LogP contribution in [0.3, 0.4) is 0 Å². The molecule has 0 aromatic carbocycles. The lowest BCUT2D eigenvalue weighted by atomic mass is 10.3. The van der Waals surface area contributed by atoms with Crippen molar-refractivity contribution >= 4 is 34.0 Å². The molecule has 0 unspecified atom stereocenters. The summed E-state index contributed by atoms with van der Waals surface area (Å²) in [7, 11) is 0. The molecule has 0 atom stereocenters. The van der Waals surface area contributed by atoms with E-state index in [1.807, 2.05) is 13.8 Å². The molecule has 19 heavy (non-hydrogen) atoms. The summed E-state index contributed by atoms with van der Waals surface area (Å²) in [6.07, 6.45) is 1.64. The molecule has 2 rings (SSSR count). The third kappa shape index (κ3) is 2.39. The largest absolute Gasteiger partial charge is 0.476 e. The maximum atomic E-state index is 11.4. The number of nitrogens with two attached hydrogens (primary N) is 1. The minimum Gasteiger partial charge on any atom is -0.476 e. The highest BCUT2D eigenvalue weighted by Crippen LogP contribution is 2.26. The number of carbonyl (C=O) groups is 2.